The van der Waals surface area contributed by atoms with Crippen LogP contribution in [0.15, 0.2) is 24.3 Å². The topological polar surface area (TPSA) is 55.3 Å². The van der Waals surface area contributed by atoms with Crippen molar-refractivity contribution in [2.75, 3.05) is 19.0 Å². The predicted octanol–water partition coefficient (Wildman–Crippen LogP) is 3.31. The van der Waals surface area contributed by atoms with Gasteiger partial charge in [0.05, 0.1) is 0 Å². The Balaban J connectivity index is 2.22. The van der Waals surface area contributed by atoms with Gasteiger partial charge < -0.3 is 14.4 Å². The number of carbonyl (C=O) groups is 1. The fourth-order valence-electron chi connectivity index (χ4n) is 2.97. The van der Waals surface area contributed by atoms with E-state index in [1.807, 2.05) is 64.0 Å². The number of nitrogens with zero attached hydrogens (tertiary/aromatic N) is 3. The van der Waals surface area contributed by atoms with Crippen LogP contribution in [0.2, 0.25) is 0 Å². The van der Waals surface area contributed by atoms with Gasteiger partial charge in [0, 0.05) is 42.2 Å². The van der Waals surface area contributed by atoms with E-state index in [-0.39, 0.29) is 5.92 Å². The van der Waals surface area contributed by atoms with Crippen LogP contribution in [0.25, 0.3) is 0 Å². The van der Waals surface area contributed by atoms with Crippen LogP contribution in [0.5, 0.6) is 11.8 Å². The number of hydrogen-bond acceptors (Lipinski definition) is 5. The molecule has 5 nitrogen and oxygen atoms in total. The van der Waals surface area contributed by atoms with Gasteiger partial charge in [0.25, 0.3) is 0 Å². The number of hydrogen-bond donors (Lipinski definition) is 0. The maximum atomic E-state index is 11.7. The molecular weight excluding hydrogens is 290 g/mol. The van der Waals surface area contributed by atoms with Gasteiger partial charge in [-0.05, 0) is 25.1 Å². The second-order valence-corrected chi connectivity index (χ2v) is 6.78. The zero-order valence-corrected chi connectivity index (χ0v) is 14.1. The Hall–Kier alpha value is -2.43. The number of pyridine rings is 2. The lowest BCUT2D eigenvalue weighted by Gasteiger charge is -2.35. The lowest BCUT2D eigenvalue weighted by atomic mass is 9.72. The van der Waals surface area contributed by atoms with E-state index in [2.05, 4.69) is 9.97 Å². The second kappa shape index (κ2) is 5.33. The first-order chi connectivity index (χ1) is 10.8. The lowest BCUT2D eigenvalue weighted by Crippen LogP contribution is -2.28. The summed E-state index contributed by atoms with van der Waals surface area (Å²) in [5.74, 6) is 1.75. The number of ether oxygens (including phenoxy) is 1. The number of aryl methyl sites for hydroxylation is 1. The fourth-order valence-corrected chi connectivity index (χ4v) is 2.97. The summed E-state index contributed by atoms with van der Waals surface area (Å²) in [7, 11) is 3.86. The standard InChI is InChI=1S/C18H21N3O2/c1-11-6-7-12-15(18(2,3)10-22)13-8-9-14(21(4)5)20-17(13)23-16(12)19-11/h6-10,15H,1-5H3. The van der Waals surface area contributed by atoms with Crippen LogP contribution in [0.3, 0.4) is 0 Å². The molecule has 0 aliphatic carbocycles. The Morgan fingerprint density at radius 1 is 1.09 bits per heavy atom. The molecule has 0 spiro atoms. The molecular formula is C18H21N3O2. The summed E-state index contributed by atoms with van der Waals surface area (Å²) in [4.78, 5) is 22.7. The number of rotatable bonds is 3. The minimum Gasteiger partial charge on any atom is -0.420 e. The van der Waals surface area contributed by atoms with Crippen LogP contribution < -0.4 is 9.64 Å². The quantitative estimate of drug-likeness (QED) is 0.814. The molecule has 5 heteroatoms. The molecule has 0 amide bonds. The van der Waals surface area contributed by atoms with Crippen molar-refractivity contribution in [3.05, 3.63) is 41.1 Å². The van der Waals surface area contributed by atoms with Crippen molar-refractivity contribution in [1.82, 2.24) is 9.97 Å². The Morgan fingerprint density at radius 2 is 1.70 bits per heavy atom. The van der Waals surface area contributed by atoms with Crippen molar-refractivity contribution >= 4 is 12.1 Å². The number of aromatic nitrogens is 2. The molecule has 0 radical (unpaired) electrons. The smallest absolute Gasteiger partial charge is 0.227 e. The predicted molar refractivity (Wildman–Crippen MR) is 89.3 cm³/mol. The van der Waals surface area contributed by atoms with Crippen molar-refractivity contribution < 1.29 is 9.53 Å². The lowest BCUT2D eigenvalue weighted by molar-refractivity contribution is -0.115. The molecule has 0 bridgehead atoms. The summed E-state index contributed by atoms with van der Waals surface area (Å²) in [5, 5.41) is 0. The van der Waals surface area contributed by atoms with E-state index in [0.717, 1.165) is 28.9 Å². The summed E-state index contributed by atoms with van der Waals surface area (Å²) in [6, 6.07) is 7.89. The first kappa shape index (κ1) is 15.5. The molecule has 1 unspecified atom stereocenters. The zero-order chi connectivity index (χ0) is 16.8. The van der Waals surface area contributed by atoms with Gasteiger partial charge in [-0.2, -0.15) is 4.98 Å². The van der Waals surface area contributed by atoms with Gasteiger partial charge >= 0.3 is 0 Å². The average molecular weight is 311 g/mol. The first-order valence-electron chi connectivity index (χ1n) is 7.63. The molecule has 1 atom stereocenters. The summed E-state index contributed by atoms with van der Waals surface area (Å²) in [6.45, 7) is 5.79. The van der Waals surface area contributed by atoms with Crippen molar-refractivity contribution in [2.24, 2.45) is 5.41 Å². The molecule has 0 N–H and O–H groups in total. The summed E-state index contributed by atoms with van der Waals surface area (Å²) >= 11 is 0. The summed E-state index contributed by atoms with van der Waals surface area (Å²) < 4.78 is 5.95. The molecule has 2 aromatic rings. The van der Waals surface area contributed by atoms with E-state index < -0.39 is 5.41 Å². The van der Waals surface area contributed by atoms with Gasteiger partial charge in [-0.3, -0.25) is 0 Å². The zero-order valence-electron chi connectivity index (χ0n) is 14.1. The molecule has 0 aromatic carbocycles. The van der Waals surface area contributed by atoms with Crippen molar-refractivity contribution in [1.29, 1.82) is 0 Å². The second-order valence-electron chi connectivity index (χ2n) is 6.78. The van der Waals surface area contributed by atoms with E-state index in [1.54, 1.807) is 0 Å². The largest absolute Gasteiger partial charge is 0.420 e. The van der Waals surface area contributed by atoms with E-state index in [4.69, 9.17) is 4.74 Å². The van der Waals surface area contributed by atoms with Gasteiger partial charge in [-0.15, -0.1) is 0 Å². The van der Waals surface area contributed by atoms with E-state index in [9.17, 15) is 4.79 Å². The number of fused-ring (bicyclic) bond motifs is 2. The van der Waals surface area contributed by atoms with Gasteiger partial charge in [-0.25, -0.2) is 4.98 Å². The Labute approximate surface area is 136 Å². The highest BCUT2D eigenvalue weighted by atomic mass is 16.5. The highest BCUT2D eigenvalue weighted by Gasteiger charge is 2.40. The Morgan fingerprint density at radius 3 is 2.30 bits per heavy atom. The molecule has 0 fully saturated rings. The Bertz CT molecular complexity index is 769. The SMILES string of the molecule is Cc1ccc2c(n1)Oc1nc(N(C)C)ccc1C2C(C)(C)C=O. The van der Waals surface area contributed by atoms with Crippen LogP contribution >= 0.6 is 0 Å². The Kier molecular flexibility index (Phi) is 3.59. The van der Waals surface area contributed by atoms with Gasteiger partial charge in [0.15, 0.2) is 0 Å². The van der Waals surface area contributed by atoms with Gasteiger partial charge in [0.2, 0.25) is 11.8 Å². The number of carbonyl (C=O) groups excluding carboxylic acids is 1. The molecule has 2 aromatic heterocycles. The summed E-state index contributed by atoms with van der Waals surface area (Å²) in [6.07, 6.45) is 0.996. The van der Waals surface area contributed by atoms with E-state index >= 15 is 0 Å². The molecule has 0 saturated carbocycles. The molecule has 1 aliphatic heterocycles. The fraction of sp³-hybridized carbons (Fsp3) is 0.389. The van der Waals surface area contributed by atoms with Gasteiger partial charge in [0.1, 0.15) is 12.1 Å². The normalized spacial score (nSPS) is 16.1. The number of anilines is 1. The van der Waals surface area contributed by atoms with Crippen molar-refractivity contribution in [2.45, 2.75) is 26.7 Å². The third-order valence-electron chi connectivity index (χ3n) is 4.23. The van der Waals surface area contributed by atoms with E-state index in [1.165, 1.54) is 0 Å². The minimum atomic E-state index is -0.578. The third kappa shape index (κ3) is 2.56. The van der Waals surface area contributed by atoms with Crippen LogP contribution in [0.4, 0.5) is 5.82 Å². The van der Waals surface area contributed by atoms with Crippen molar-refractivity contribution in [3.8, 4) is 11.8 Å². The maximum absolute atomic E-state index is 11.7. The highest BCUT2D eigenvalue weighted by molar-refractivity contribution is 5.66. The molecule has 1 aliphatic rings. The molecule has 3 rings (SSSR count). The highest BCUT2D eigenvalue weighted by Crippen LogP contribution is 2.50. The first-order valence-corrected chi connectivity index (χ1v) is 7.63. The number of aldehydes is 1. The molecule has 0 saturated heterocycles. The summed E-state index contributed by atoms with van der Waals surface area (Å²) in [5.41, 5.74) is 2.15. The molecule has 3 heterocycles. The molecule has 23 heavy (non-hydrogen) atoms. The monoisotopic (exact) mass is 311 g/mol. The third-order valence-corrected chi connectivity index (χ3v) is 4.23. The maximum Gasteiger partial charge on any atom is 0.227 e. The average Bonchev–Trinajstić information content (AvgIpc) is 2.51. The minimum absolute atomic E-state index is 0.129. The van der Waals surface area contributed by atoms with E-state index in [0.29, 0.717) is 11.8 Å². The van der Waals surface area contributed by atoms with Gasteiger partial charge in [-0.1, -0.05) is 19.9 Å². The van der Waals surface area contributed by atoms with Crippen LogP contribution in [0, 0.1) is 12.3 Å². The van der Waals surface area contributed by atoms with Crippen LogP contribution in [-0.4, -0.2) is 30.3 Å². The van der Waals surface area contributed by atoms with Crippen LogP contribution in [0.1, 0.15) is 36.6 Å². The van der Waals surface area contributed by atoms with Crippen LogP contribution in [-0.2, 0) is 4.79 Å². The molecule has 120 valence electrons. The van der Waals surface area contributed by atoms with Crippen molar-refractivity contribution in [3.63, 3.8) is 0 Å².